The molecule has 0 saturated carbocycles. The number of anilines is 1. The summed E-state index contributed by atoms with van der Waals surface area (Å²) in [5, 5.41) is 0. The van der Waals surface area contributed by atoms with Crippen LogP contribution in [0.15, 0.2) is 47.4 Å². The van der Waals surface area contributed by atoms with Crippen LogP contribution in [0.3, 0.4) is 0 Å². The van der Waals surface area contributed by atoms with Crippen molar-refractivity contribution in [2.45, 2.75) is 24.3 Å². The van der Waals surface area contributed by atoms with E-state index < -0.39 is 16.0 Å². The van der Waals surface area contributed by atoms with Gasteiger partial charge in [0.2, 0.25) is 10.0 Å². The monoisotopic (exact) mass is 419 g/mol. The lowest BCUT2D eigenvalue weighted by molar-refractivity contribution is 0.0471. The van der Waals surface area contributed by atoms with Crippen LogP contribution in [0, 0.1) is 0 Å². The van der Waals surface area contributed by atoms with Crippen molar-refractivity contribution in [2.24, 2.45) is 0 Å². The molecule has 1 aliphatic rings. The van der Waals surface area contributed by atoms with Crippen LogP contribution < -0.4 is 4.31 Å². The molecule has 1 atom stereocenters. The standard InChI is InChI=1S/C20H21NO5S2/c1-13-10-15-11-14(8-9-17(15)21(13)28(3,24)25)18(22)12-26-20(23)16-6-4-5-7-19(16)27-2/h4-9,11,13H,10,12H2,1-3H3/t13-/m1/s1. The highest BCUT2D eigenvalue weighted by Crippen LogP contribution is 2.34. The number of ether oxygens (including phenoxy) is 1. The fraction of sp³-hybridized carbons (Fsp3) is 0.300. The fourth-order valence-corrected chi connectivity index (χ4v) is 5.24. The Balaban J connectivity index is 1.73. The van der Waals surface area contributed by atoms with E-state index in [2.05, 4.69) is 0 Å². The first-order valence-electron chi connectivity index (χ1n) is 8.68. The first kappa shape index (κ1) is 20.4. The van der Waals surface area contributed by atoms with Crippen molar-refractivity contribution in [1.29, 1.82) is 0 Å². The Labute approximate surface area is 168 Å². The van der Waals surface area contributed by atoms with E-state index in [-0.39, 0.29) is 18.4 Å². The molecule has 8 heteroatoms. The molecule has 0 unspecified atom stereocenters. The second kappa shape index (κ2) is 7.97. The molecular weight excluding hydrogens is 398 g/mol. The number of carbonyl (C=O) groups excluding carboxylic acids is 2. The molecule has 2 aromatic carbocycles. The van der Waals surface area contributed by atoms with Gasteiger partial charge in [-0.25, -0.2) is 13.2 Å². The third-order valence-electron chi connectivity index (χ3n) is 4.57. The predicted octanol–water partition coefficient (Wildman–Crippen LogP) is 3.16. The first-order chi connectivity index (χ1) is 13.2. The number of ketones is 1. The van der Waals surface area contributed by atoms with Crippen LogP contribution in [-0.2, 0) is 21.2 Å². The molecule has 148 valence electrons. The minimum Gasteiger partial charge on any atom is -0.454 e. The lowest BCUT2D eigenvalue weighted by atomic mass is 10.0. The van der Waals surface area contributed by atoms with Crippen molar-refractivity contribution in [1.82, 2.24) is 0 Å². The zero-order valence-corrected chi connectivity index (χ0v) is 17.5. The van der Waals surface area contributed by atoms with Crippen LogP contribution in [0.2, 0.25) is 0 Å². The number of rotatable bonds is 6. The molecule has 0 radical (unpaired) electrons. The van der Waals surface area contributed by atoms with Crippen molar-refractivity contribution < 1.29 is 22.7 Å². The van der Waals surface area contributed by atoms with Gasteiger partial charge in [0.1, 0.15) is 0 Å². The van der Waals surface area contributed by atoms with E-state index in [4.69, 9.17) is 4.74 Å². The van der Waals surface area contributed by atoms with E-state index in [1.807, 2.05) is 25.3 Å². The van der Waals surface area contributed by atoms with Gasteiger partial charge < -0.3 is 4.74 Å². The van der Waals surface area contributed by atoms with E-state index in [1.165, 1.54) is 22.3 Å². The summed E-state index contributed by atoms with van der Waals surface area (Å²) < 4.78 is 30.5. The topological polar surface area (TPSA) is 80.8 Å². The Morgan fingerprint density at radius 2 is 1.93 bits per heavy atom. The highest BCUT2D eigenvalue weighted by atomic mass is 32.2. The Morgan fingerprint density at radius 1 is 1.21 bits per heavy atom. The zero-order valence-electron chi connectivity index (χ0n) is 15.8. The molecule has 2 aromatic rings. The fourth-order valence-electron chi connectivity index (χ4n) is 3.39. The minimum absolute atomic E-state index is 0.198. The molecule has 0 spiro atoms. The highest BCUT2D eigenvalue weighted by molar-refractivity contribution is 7.98. The number of benzene rings is 2. The molecule has 0 aliphatic carbocycles. The molecule has 3 rings (SSSR count). The predicted molar refractivity (Wildman–Crippen MR) is 110 cm³/mol. The Bertz CT molecular complexity index is 1030. The van der Waals surface area contributed by atoms with Crippen LogP contribution in [0.4, 0.5) is 5.69 Å². The quantitative estimate of drug-likeness (QED) is 0.406. The van der Waals surface area contributed by atoms with Crippen molar-refractivity contribution >= 4 is 39.2 Å². The molecule has 6 nitrogen and oxygen atoms in total. The third kappa shape index (κ3) is 4.07. The molecule has 1 aliphatic heterocycles. The van der Waals surface area contributed by atoms with Gasteiger partial charge in [-0.05, 0) is 55.5 Å². The van der Waals surface area contributed by atoms with Gasteiger partial charge in [0.15, 0.2) is 12.4 Å². The number of carbonyl (C=O) groups is 2. The normalized spacial score (nSPS) is 16.0. The average molecular weight is 420 g/mol. The van der Waals surface area contributed by atoms with Gasteiger partial charge in [-0.2, -0.15) is 0 Å². The summed E-state index contributed by atoms with van der Waals surface area (Å²) >= 11 is 1.43. The Hall–Kier alpha value is -2.32. The molecule has 0 aromatic heterocycles. The summed E-state index contributed by atoms with van der Waals surface area (Å²) in [7, 11) is -3.38. The molecule has 28 heavy (non-hydrogen) atoms. The van der Waals surface area contributed by atoms with Gasteiger partial charge in [0, 0.05) is 16.5 Å². The second-order valence-corrected chi connectivity index (χ2v) is 9.36. The maximum Gasteiger partial charge on any atom is 0.339 e. The van der Waals surface area contributed by atoms with Crippen LogP contribution >= 0.6 is 11.8 Å². The van der Waals surface area contributed by atoms with E-state index in [1.54, 1.807) is 30.3 Å². The highest BCUT2D eigenvalue weighted by Gasteiger charge is 2.32. The first-order valence-corrected chi connectivity index (χ1v) is 11.8. The number of sulfonamides is 1. The van der Waals surface area contributed by atoms with E-state index in [9.17, 15) is 18.0 Å². The van der Waals surface area contributed by atoms with Crippen LogP contribution in [0.5, 0.6) is 0 Å². The van der Waals surface area contributed by atoms with Gasteiger partial charge in [-0.15, -0.1) is 11.8 Å². The van der Waals surface area contributed by atoms with Crippen molar-refractivity contribution in [3.8, 4) is 0 Å². The van der Waals surface area contributed by atoms with Crippen LogP contribution in [0.1, 0.15) is 33.2 Å². The zero-order chi connectivity index (χ0) is 20.5. The molecular formula is C20H21NO5S2. The summed E-state index contributed by atoms with van der Waals surface area (Å²) in [4.78, 5) is 25.5. The molecule has 0 N–H and O–H groups in total. The lowest BCUT2D eigenvalue weighted by Crippen LogP contribution is -2.34. The Kier molecular flexibility index (Phi) is 5.81. The van der Waals surface area contributed by atoms with Crippen LogP contribution in [-0.4, -0.2) is 45.3 Å². The molecule has 1 heterocycles. The number of esters is 1. The summed E-state index contributed by atoms with van der Waals surface area (Å²) in [5.74, 6) is -0.875. The number of hydrogen-bond acceptors (Lipinski definition) is 6. The largest absolute Gasteiger partial charge is 0.454 e. The lowest BCUT2D eigenvalue weighted by Gasteiger charge is -2.21. The summed E-state index contributed by atoms with van der Waals surface area (Å²) in [6.07, 6.45) is 3.57. The maximum absolute atomic E-state index is 12.5. The molecule has 0 bridgehead atoms. The second-order valence-electron chi connectivity index (χ2n) is 6.66. The van der Waals surface area contributed by atoms with E-state index in [0.29, 0.717) is 23.2 Å². The number of fused-ring (bicyclic) bond motifs is 1. The summed E-state index contributed by atoms with van der Waals surface area (Å²) in [5.41, 5.74) is 2.21. The minimum atomic E-state index is -3.38. The number of Topliss-reactive ketones (excluding diaryl/α,β-unsaturated/α-hetero) is 1. The molecule has 0 amide bonds. The van der Waals surface area contributed by atoms with Gasteiger partial charge in [0.05, 0.1) is 17.5 Å². The smallest absolute Gasteiger partial charge is 0.339 e. The average Bonchev–Trinajstić information content (AvgIpc) is 3.00. The number of hydrogen-bond donors (Lipinski definition) is 0. The summed E-state index contributed by atoms with van der Waals surface area (Å²) in [6.45, 7) is 1.46. The van der Waals surface area contributed by atoms with Crippen LogP contribution in [0.25, 0.3) is 0 Å². The van der Waals surface area contributed by atoms with Crippen molar-refractivity contribution in [3.05, 3.63) is 59.2 Å². The maximum atomic E-state index is 12.5. The Morgan fingerprint density at radius 3 is 2.61 bits per heavy atom. The van der Waals surface area contributed by atoms with Gasteiger partial charge in [0.25, 0.3) is 0 Å². The van der Waals surface area contributed by atoms with E-state index >= 15 is 0 Å². The van der Waals surface area contributed by atoms with E-state index in [0.717, 1.165) is 10.5 Å². The molecule has 0 saturated heterocycles. The number of thioether (sulfide) groups is 1. The summed E-state index contributed by atoms with van der Waals surface area (Å²) in [6, 6.07) is 11.7. The van der Waals surface area contributed by atoms with Gasteiger partial charge in [-0.1, -0.05) is 12.1 Å². The van der Waals surface area contributed by atoms with Crippen molar-refractivity contribution in [3.63, 3.8) is 0 Å². The molecule has 0 fully saturated rings. The van der Waals surface area contributed by atoms with Gasteiger partial charge in [-0.3, -0.25) is 9.10 Å². The number of nitrogens with zero attached hydrogens (tertiary/aromatic N) is 1. The van der Waals surface area contributed by atoms with Gasteiger partial charge >= 0.3 is 5.97 Å². The SMILES string of the molecule is CSc1ccccc1C(=O)OCC(=O)c1ccc2c(c1)C[C@@H](C)N2S(C)(=O)=O. The third-order valence-corrected chi connectivity index (χ3v) is 6.64. The van der Waals surface area contributed by atoms with Crippen molar-refractivity contribution in [2.75, 3.05) is 23.4 Å².